The van der Waals surface area contributed by atoms with Crippen molar-refractivity contribution in [1.82, 2.24) is 0 Å². The fourth-order valence-electron chi connectivity index (χ4n) is 1.35. The number of halogens is 1. The molecule has 0 heterocycles. The highest BCUT2D eigenvalue weighted by molar-refractivity contribution is 6.31. The first-order valence-electron chi connectivity index (χ1n) is 6.93. The molecule has 21 heavy (non-hydrogen) atoms. The smallest absolute Gasteiger partial charge is 0.411 e. The fourth-order valence-corrected chi connectivity index (χ4v) is 1.62. The van der Waals surface area contributed by atoms with Crippen LogP contribution in [-0.4, -0.2) is 23.8 Å². The van der Waals surface area contributed by atoms with E-state index in [1.807, 2.05) is 27.7 Å². The summed E-state index contributed by atoms with van der Waals surface area (Å²) in [5.41, 5.74) is 0.686. The van der Waals surface area contributed by atoms with Gasteiger partial charge in [0.1, 0.15) is 0 Å². The lowest BCUT2D eigenvalue weighted by molar-refractivity contribution is 0.0698. The number of carbonyl (C=O) groups is 2. The fraction of sp³-hybridized carbons (Fsp3) is 0.467. The maximum atomic E-state index is 11.3. The number of ether oxygens (including phenoxy) is 1. The largest absolute Gasteiger partial charge is 0.478 e. The van der Waals surface area contributed by atoms with Crippen molar-refractivity contribution in [2.45, 2.75) is 41.5 Å². The van der Waals surface area contributed by atoms with Crippen LogP contribution in [0.25, 0.3) is 0 Å². The molecule has 0 aromatic heterocycles. The van der Waals surface area contributed by atoms with Gasteiger partial charge in [-0.1, -0.05) is 39.3 Å². The zero-order valence-electron chi connectivity index (χ0n) is 13.4. The van der Waals surface area contributed by atoms with Gasteiger partial charge in [-0.05, 0) is 31.5 Å². The standard InChI is InChI=1S/C11H12ClNO4.2C2H6/c1-3-17-11(16)13-9-6(2)4-7(12)5-8(9)10(14)15;2*1-2/h4-5H,3H2,1-2H3,(H,13,16)(H,14,15);2*1-2H3. The predicted molar refractivity (Wildman–Crippen MR) is 86.5 cm³/mol. The second-order valence-electron chi connectivity index (χ2n) is 3.30. The summed E-state index contributed by atoms with van der Waals surface area (Å²) in [5.74, 6) is -1.16. The predicted octanol–water partition coefficient (Wildman–Crippen LogP) is 4.97. The van der Waals surface area contributed by atoms with Crippen LogP contribution in [0.4, 0.5) is 10.5 Å². The molecule has 0 bridgehead atoms. The summed E-state index contributed by atoms with van der Waals surface area (Å²) in [6.07, 6.45) is -0.694. The Kier molecular flexibility index (Phi) is 12.3. The molecule has 5 nitrogen and oxygen atoms in total. The highest BCUT2D eigenvalue weighted by atomic mass is 35.5. The number of carbonyl (C=O) groups excluding carboxylic acids is 1. The summed E-state index contributed by atoms with van der Waals surface area (Å²) >= 11 is 5.76. The molecule has 1 amide bonds. The van der Waals surface area contributed by atoms with Crippen LogP contribution in [0.1, 0.15) is 50.5 Å². The minimum absolute atomic E-state index is 0.0666. The van der Waals surface area contributed by atoms with E-state index in [0.29, 0.717) is 10.6 Å². The van der Waals surface area contributed by atoms with Crippen LogP contribution in [0, 0.1) is 6.92 Å². The Morgan fingerprint density at radius 2 is 1.76 bits per heavy atom. The minimum atomic E-state index is -1.16. The van der Waals surface area contributed by atoms with E-state index in [1.54, 1.807) is 19.9 Å². The third kappa shape index (κ3) is 7.56. The van der Waals surface area contributed by atoms with Crippen LogP contribution in [0.15, 0.2) is 12.1 Å². The van der Waals surface area contributed by atoms with Crippen LogP contribution < -0.4 is 5.32 Å². The topological polar surface area (TPSA) is 75.6 Å². The van der Waals surface area contributed by atoms with Crippen molar-refractivity contribution in [2.75, 3.05) is 11.9 Å². The van der Waals surface area contributed by atoms with Gasteiger partial charge >= 0.3 is 12.1 Å². The van der Waals surface area contributed by atoms with Gasteiger partial charge in [0, 0.05) is 5.02 Å². The van der Waals surface area contributed by atoms with Crippen molar-refractivity contribution in [1.29, 1.82) is 0 Å². The number of hydrogen-bond acceptors (Lipinski definition) is 3. The van der Waals surface area contributed by atoms with Crippen LogP contribution in [0.2, 0.25) is 5.02 Å². The summed E-state index contributed by atoms with van der Waals surface area (Å²) in [6, 6.07) is 2.84. The SMILES string of the molecule is CC.CC.CCOC(=O)Nc1c(C)cc(Cl)cc1C(=O)O. The van der Waals surface area contributed by atoms with Crippen LogP contribution in [0.3, 0.4) is 0 Å². The third-order valence-corrected chi connectivity index (χ3v) is 2.25. The Hall–Kier alpha value is -1.75. The van der Waals surface area contributed by atoms with Crippen LogP contribution in [0.5, 0.6) is 0 Å². The minimum Gasteiger partial charge on any atom is -0.478 e. The number of carboxylic acid groups (broad SMARTS) is 1. The molecule has 0 unspecified atom stereocenters. The highest BCUT2D eigenvalue weighted by Crippen LogP contribution is 2.25. The number of anilines is 1. The van der Waals surface area contributed by atoms with Crippen molar-refractivity contribution in [2.24, 2.45) is 0 Å². The molecule has 1 aromatic carbocycles. The number of rotatable bonds is 3. The number of nitrogens with one attached hydrogen (secondary N) is 1. The lowest BCUT2D eigenvalue weighted by Crippen LogP contribution is -2.17. The number of benzene rings is 1. The lowest BCUT2D eigenvalue weighted by Gasteiger charge is -2.11. The van der Waals surface area contributed by atoms with E-state index in [2.05, 4.69) is 10.1 Å². The van der Waals surface area contributed by atoms with E-state index in [9.17, 15) is 9.59 Å². The van der Waals surface area contributed by atoms with Gasteiger partial charge in [-0.3, -0.25) is 5.32 Å². The average Bonchev–Trinajstić information content (AvgIpc) is 2.46. The van der Waals surface area contributed by atoms with E-state index in [-0.39, 0.29) is 17.9 Å². The molecule has 2 N–H and O–H groups in total. The Balaban J connectivity index is 0. The summed E-state index contributed by atoms with van der Waals surface area (Å²) in [5, 5.41) is 11.7. The summed E-state index contributed by atoms with van der Waals surface area (Å²) in [4.78, 5) is 22.3. The number of hydrogen-bond donors (Lipinski definition) is 2. The quantitative estimate of drug-likeness (QED) is 0.825. The first-order valence-corrected chi connectivity index (χ1v) is 7.30. The molecule has 0 saturated heterocycles. The monoisotopic (exact) mass is 317 g/mol. The number of amides is 1. The molecule has 0 saturated carbocycles. The van der Waals surface area contributed by atoms with Gasteiger partial charge in [-0.25, -0.2) is 9.59 Å². The number of carboxylic acids is 1. The molecule has 0 aliphatic heterocycles. The normalized spacial score (nSPS) is 8.52. The lowest BCUT2D eigenvalue weighted by atomic mass is 10.1. The number of aryl methyl sites for hydroxylation is 1. The van der Waals surface area contributed by atoms with Crippen LogP contribution in [-0.2, 0) is 4.74 Å². The van der Waals surface area contributed by atoms with E-state index in [0.717, 1.165) is 0 Å². The number of aromatic carboxylic acids is 1. The Morgan fingerprint density at radius 1 is 1.24 bits per heavy atom. The van der Waals surface area contributed by atoms with Gasteiger partial charge in [0.25, 0.3) is 0 Å². The molecule has 6 heteroatoms. The van der Waals surface area contributed by atoms with E-state index < -0.39 is 12.1 Å². The van der Waals surface area contributed by atoms with Gasteiger partial charge in [0.15, 0.2) is 0 Å². The first-order chi connectivity index (χ1) is 9.95. The zero-order valence-corrected chi connectivity index (χ0v) is 14.2. The molecule has 120 valence electrons. The summed E-state index contributed by atoms with van der Waals surface area (Å²) < 4.78 is 4.69. The molecule has 1 rings (SSSR count). The van der Waals surface area contributed by atoms with Crippen molar-refractivity contribution < 1.29 is 19.4 Å². The van der Waals surface area contributed by atoms with Crippen molar-refractivity contribution >= 4 is 29.4 Å². The Bertz CT molecular complexity index is 461. The summed E-state index contributed by atoms with van der Waals surface area (Å²) in [6.45, 7) is 11.5. The maximum Gasteiger partial charge on any atom is 0.411 e. The van der Waals surface area contributed by atoms with E-state index in [4.69, 9.17) is 16.7 Å². The molecular weight excluding hydrogens is 294 g/mol. The average molecular weight is 318 g/mol. The Morgan fingerprint density at radius 3 is 2.19 bits per heavy atom. The molecule has 0 aliphatic rings. The Labute approximate surface area is 131 Å². The molecule has 0 aliphatic carbocycles. The zero-order chi connectivity index (χ0) is 17.0. The molecule has 0 spiro atoms. The van der Waals surface area contributed by atoms with Crippen molar-refractivity contribution in [3.05, 3.63) is 28.3 Å². The van der Waals surface area contributed by atoms with Gasteiger partial charge in [-0.15, -0.1) is 0 Å². The highest BCUT2D eigenvalue weighted by Gasteiger charge is 2.16. The molecule has 0 fully saturated rings. The molecule has 0 atom stereocenters. The van der Waals surface area contributed by atoms with Gasteiger partial charge in [-0.2, -0.15) is 0 Å². The second-order valence-corrected chi connectivity index (χ2v) is 3.73. The second kappa shape index (κ2) is 12.0. The van der Waals surface area contributed by atoms with E-state index >= 15 is 0 Å². The molecular formula is C15H24ClNO4. The van der Waals surface area contributed by atoms with E-state index in [1.165, 1.54) is 6.07 Å². The first kappa shape index (κ1) is 21.5. The van der Waals surface area contributed by atoms with Gasteiger partial charge in [0.2, 0.25) is 0 Å². The third-order valence-electron chi connectivity index (χ3n) is 2.03. The maximum absolute atomic E-state index is 11.3. The molecule has 1 aromatic rings. The van der Waals surface area contributed by atoms with Gasteiger partial charge < -0.3 is 9.84 Å². The van der Waals surface area contributed by atoms with Crippen molar-refractivity contribution in [3.63, 3.8) is 0 Å². The van der Waals surface area contributed by atoms with Crippen molar-refractivity contribution in [3.8, 4) is 0 Å². The summed E-state index contributed by atoms with van der Waals surface area (Å²) in [7, 11) is 0. The van der Waals surface area contributed by atoms with Crippen LogP contribution >= 0.6 is 11.6 Å². The molecule has 0 radical (unpaired) electrons. The van der Waals surface area contributed by atoms with Gasteiger partial charge in [0.05, 0.1) is 17.9 Å².